The zero-order valence-electron chi connectivity index (χ0n) is 16.0. The van der Waals surface area contributed by atoms with Gasteiger partial charge in [-0.1, -0.05) is 30.3 Å². The number of nitrogens with zero attached hydrogens (tertiary/aromatic N) is 4. The summed E-state index contributed by atoms with van der Waals surface area (Å²) in [5.41, 5.74) is 2.06. The molecule has 3 aromatic carbocycles. The van der Waals surface area contributed by atoms with Crippen LogP contribution in [-0.4, -0.2) is 26.1 Å². The molecular formula is C22H16FN5O2. The van der Waals surface area contributed by atoms with Crippen LogP contribution in [0, 0.1) is 12.7 Å². The van der Waals surface area contributed by atoms with E-state index in [2.05, 4.69) is 20.8 Å². The Kier molecular flexibility index (Phi) is 4.24. The Morgan fingerprint density at radius 3 is 2.87 bits per heavy atom. The van der Waals surface area contributed by atoms with E-state index in [1.54, 1.807) is 19.3 Å². The summed E-state index contributed by atoms with van der Waals surface area (Å²) in [6.45, 7) is 1.73. The molecule has 0 aliphatic heterocycles. The van der Waals surface area contributed by atoms with E-state index in [4.69, 9.17) is 4.42 Å². The van der Waals surface area contributed by atoms with Crippen LogP contribution in [0.2, 0.25) is 0 Å². The molecular weight excluding hydrogens is 385 g/mol. The van der Waals surface area contributed by atoms with Crippen LogP contribution in [0.4, 0.5) is 10.1 Å². The highest BCUT2D eigenvalue weighted by molar-refractivity contribution is 6.09. The van der Waals surface area contributed by atoms with E-state index < -0.39 is 5.82 Å². The van der Waals surface area contributed by atoms with Crippen LogP contribution >= 0.6 is 0 Å². The predicted octanol–water partition coefficient (Wildman–Crippen LogP) is 4.19. The van der Waals surface area contributed by atoms with Gasteiger partial charge in [-0.2, -0.15) is 4.68 Å². The minimum Gasteiger partial charge on any atom is -0.464 e. The number of rotatable bonds is 4. The Morgan fingerprint density at radius 2 is 2.03 bits per heavy atom. The number of carbonyl (C=O) groups excluding carboxylic acids is 1. The highest BCUT2D eigenvalue weighted by Crippen LogP contribution is 2.30. The Bertz CT molecular complexity index is 1410. The van der Waals surface area contributed by atoms with E-state index in [1.165, 1.54) is 16.8 Å². The molecule has 5 aromatic rings. The summed E-state index contributed by atoms with van der Waals surface area (Å²) in [6, 6.07) is 16.1. The van der Waals surface area contributed by atoms with Crippen LogP contribution in [0.1, 0.15) is 11.4 Å². The lowest BCUT2D eigenvalue weighted by Gasteiger charge is -2.09. The number of amides is 1. The van der Waals surface area contributed by atoms with Crippen LogP contribution in [0.5, 0.6) is 0 Å². The lowest BCUT2D eigenvalue weighted by Crippen LogP contribution is -2.15. The molecule has 8 heteroatoms. The van der Waals surface area contributed by atoms with Gasteiger partial charge in [0.05, 0.1) is 24.1 Å². The number of hydrogen-bond donors (Lipinski definition) is 1. The minimum absolute atomic E-state index is 0.0502. The van der Waals surface area contributed by atoms with Crippen molar-refractivity contribution in [1.82, 2.24) is 20.2 Å². The third-order valence-electron chi connectivity index (χ3n) is 4.99. The number of benzene rings is 3. The van der Waals surface area contributed by atoms with E-state index in [0.29, 0.717) is 17.1 Å². The van der Waals surface area contributed by atoms with Crippen molar-refractivity contribution in [2.24, 2.45) is 0 Å². The zero-order chi connectivity index (χ0) is 20.7. The number of aryl methyl sites for hydroxylation is 1. The van der Waals surface area contributed by atoms with Gasteiger partial charge in [-0.25, -0.2) is 4.39 Å². The van der Waals surface area contributed by atoms with Gasteiger partial charge in [-0.15, -0.1) is 5.10 Å². The fourth-order valence-electron chi connectivity index (χ4n) is 3.58. The van der Waals surface area contributed by atoms with Crippen molar-refractivity contribution >= 4 is 33.3 Å². The first-order valence-electron chi connectivity index (χ1n) is 9.33. The number of carbonyl (C=O) groups is 1. The molecule has 7 nitrogen and oxygen atoms in total. The molecule has 0 aliphatic rings. The summed E-state index contributed by atoms with van der Waals surface area (Å²) in [7, 11) is 0. The molecule has 1 amide bonds. The zero-order valence-corrected chi connectivity index (χ0v) is 16.0. The Hall–Kier alpha value is -4.07. The van der Waals surface area contributed by atoms with E-state index in [0.717, 1.165) is 21.7 Å². The van der Waals surface area contributed by atoms with Gasteiger partial charge in [0.25, 0.3) is 0 Å². The molecule has 30 heavy (non-hydrogen) atoms. The van der Waals surface area contributed by atoms with Crippen molar-refractivity contribution in [1.29, 1.82) is 0 Å². The maximum atomic E-state index is 14.3. The molecule has 0 aliphatic carbocycles. The molecule has 0 bridgehead atoms. The Morgan fingerprint density at radius 1 is 1.17 bits per heavy atom. The molecule has 5 rings (SSSR count). The average Bonchev–Trinajstić information content (AvgIpc) is 3.36. The molecule has 2 heterocycles. The number of hydrogen-bond acceptors (Lipinski definition) is 5. The number of nitrogens with one attached hydrogen (secondary N) is 1. The summed E-state index contributed by atoms with van der Waals surface area (Å²) in [6.07, 6.45) is 1.63. The van der Waals surface area contributed by atoms with Crippen molar-refractivity contribution in [3.63, 3.8) is 0 Å². The van der Waals surface area contributed by atoms with Gasteiger partial charge in [0, 0.05) is 10.9 Å². The topological polar surface area (TPSA) is 85.8 Å². The van der Waals surface area contributed by atoms with Gasteiger partial charge >= 0.3 is 0 Å². The quantitative estimate of drug-likeness (QED) is 0.488. The molecule has 0 atom stereocenters. The summed E-state index contributed by atoms with van der Waals surface area (Å²) >= 11 is 0. The second kappa shape index (κ2) is 7.07. The van der Waals surface area contributed by atoms with Gasteiger partial charge in [0.2, 0.25) is 5.91 Å². The van der Waals surface area contributed by atoms with Crippen LogP contribution in [-0.2, 0) is 11.2 Å². The van der Waals surface area contributed by atoms with Crippen molar-refractivity contribution in [3.8, 4) is 5.69 Å². The van der Waals surface area contributed by atoms with E-state index in [1.807, 2.05) is 36.4 Å². The van der Waals surface area contributed by atoms with Gasteiger partial charge in [0.1, 0.15) is 11.4 Å². The van der Waals surface area contributed by atoms with Crippen molar-refractivity contribution in [2.75, 3.05) is 5.32 Å². The molecule has 0 fully saturated rings. The molecule has 148 valence electrons. The first-order valence-corrected chi connectivity index (χ1v) is 9.33. The number of halogens is 1. The van der Waals surface area contributed by atoms with Gasteiger partial charge in [-0.3, -0.25) is 4.79 Å². The second-order valence-electron chi connectivity index (χ2n) is 6.95. The summed E-state index contributed by atoms with van der Waals surface area (Å²) in [5, 5.41) is 16.9. The van der Waals surface area contributed by atoms with Crippen molar-refractivity contribution in [2.45, 2.75) is 13.3 Å². The fourth-order valence-corrected chi connectivity index (χ4v) is 3.58. The number of aromatic nitrogens is 4. The first kappa shape index (κ1) is 18.0. The van der Waals surface area contributed by atoms with Crippen LogP contribution in [0.25, 0.3) is 27.4 Å². The Balaban J connectivity index is 1.45. The lowest BCUT2D eigenvalue weighted by atomic mass is 10.0. The third-order valence-corrected chi connectivity index (χ3v) is 4.99. The summed E-state index contributed by atoms with van der Waals surface area (Å²) in [4.78, 5) is 12.7. The van der Waals surface area contributed by atoms with Crippen LogP contribution < -0.4 is 5.32 Å². The van der Waals surface area contributed by atoms with Gasteiger partial charge in [-0.05, 0) is 52.4 Å². The number of anilines is 1. The number of furan rings is 1. The van der Waals surface area contributed by atoms with Gasteiger partial charge in [0.15, 0.2) is 5.82 Å². The van der Waals surface area contributed by atoms with Crippen molar-refractivity contribution in [3.05, 3.63) is 78.1 Å². The molecule has 0 radical (unpaired) electrons. The smallest absolute Gasteiger partial charge is 0.229 e. The van der Waals surface area contributed by atoms with E-state index >= 15 is 0 Å². The highest BCUT2D eigenvalue weighted by Gasteiger charge is 2.15. The fraction of sp³-hybridized carbons (Fsp3) is 0.0909. The lowest BCUT2D eigenvalue weighted by molar-refractivity contribution is -0.115. The maximum Gasteiger partial charge on any atom is 0.229 e. The highest BCUT2D eigenvalue weighted by atomic mass is 19.1. The molecule has 2 aromatic heterocycles. The standard InChI is InChI=1S/C22H16FN5O2/c1-13-25-26-27-28(13)16-7-8-18(23)19(11-16)24-21(29)10-15-12-30-20-9-6-14-4-2-3-5-17(14)22(15)20/h2-9,11-12H,10H2,1H3,(H,24,29). The molecule has 1 N–H and O–H groups in total. The van der Waals surface area contributed by atoms with E-state index in [-0.39, 0.29) is 18.0 Å². The monoisotopic (exact) mass is 401 g/mol. The summed E-state index contributed by atoms with van der Waals surface area (Å²) in [5.74, 6) is -0.342. The maximum absolute atomic E-state index is 14.3. The number of tetrazole rings is 1. The summed E-state index contributed by atoms with van der Waals surface area (Å²) < 4.78 is 21.4. The largest absolute Gasteiger partial charge is 0.464 e. The third kappa shape index (κ3) is 3.08. The van der Waals surface area contributed by atoms with Crippen LogP contribution in [0.3, 0.4) is 0 Å². The SMILES string of the molecule is Cc1nnnn1-c1ccc(F)c(NC(=O)Cc2coc3ccc4ccccc4c23)c1. The molecule has 0 saturated carbocycles. The molecule has 0 spiro atoms. The molecule has 0 saturated heterocycles. The first-order chi connectivity index (χ1) is 14.6. The average molecular weight is 401 g/mol. The number of fused-ring (bicyclic) bond motifs is 3. The Labute approximate surface area is 170 Å². The normalized spacial score (nSPS) is 11.3. The second-order valence-corrected chi connectivity index (χ2v) is 6.95. The predicted molar refractivity (Wildman–Crippen MR) is 110 cm³/mol. The van der Waals surface area contributed by atoms with Gasteiger partial charge < -0.3 is 9.73 Å². The van der Waals surface area contributed by atoms with Crippen LogP contribution in [0.15, 0.2) is 65.3 Å². The molecule has 0 unspecified atom stereocenters. The minimum atomic E-state index is -0.541. The van der Waals surface area contributed by atoms with Crippen molar-refractivity contribution < 1.29 is 13.6 Å². The van der Waals surface area contributed by atoms with E-state index in [9.17, 15) is 9.18 Å².